The first-order valence-corrected chi connectivity index (χ1v) is 8.34. The lowest BCUT2D eigenvalue weighted by molar-refractivity contribution is 0.114. The lowest BCUT2D eigenvalue weighted by atomic mass is 9.90. The first-order chi connectivity index (χ1) is 10.1. The summed E-state index contributed by atoms with van der Waals surface area (Å²) >= 11 is 0. The molecule has 3 heteroatoms. The highest BCUT2D eigenvalue weighted by Crippen LogP contribution is 2.31. The molecule has 0 aromatic heterocycles. The second-order valence-corrected chi connectivity index (χ2v) is 6.56. The maximum Gasteiger partial charge on any atom is 0.119 e. The smallest absolute Gasteiger partial charge is 0.119 e. The quantitative estimate of drug-likeness (QED) is 0.870. The Morgan fingerprint density at radius 3 is 2.62 bits per heavy atom. The van der Waals surface area contributed by atoms with Gasteiger partial charge in [0, 0.05) is 18.6 Å². The topological polar surface area (TPSA) is 38.5 Å². The van der Waals surface area contributed by atoms with E-state index in [0.717, 1.165) is 38.3 Å². The molecule has 118 valence electrons. The van der Waals surface area contributed by atoms with Crippen LogP contribution in [0.2, 0.25) is 0 Å². The van der Waals surface area contributed by atoms with Gasteiger partial charge in [-0.05, 0) is 49.4 Å². The summed E-state index contributed by atoms with van der Waals surface area (Å²) in [4.78, 5) is 2.56. The van der Waals surface area contributed by atoms with Gasteiger partial charge in [-0.3, -0.25) is 4.90 Å². The normalized spacial score (nSPS) is 23.5. The molecule has 1 aromatic rings. The fourth-order valence-electron chi connectivity index (χ4n) is 3.21. The van der Waals surface area contributed by atoms with Gasteiger partial charge in [-0.15, -0.1) is 0 Å². The van der Waals surface area contributed by atoms with Gasteiger partial charge in [-0.2, -0.15) is 0 Å². The summed E-state index contributed by atoms with van der Waals surface area (Å²) in [5, 5.41) is 0. The number of benzene rings is 1. The summed E-state index contributed by atoms with van der Waals surface area (Å²) in [6.07, 6.45) is 3.37. The van der Waals surface area contributed by atoms with Crippen LogP contribution in [0, 0.1) is 5.92 Å². The summed E-state index contributed by atoms with van der Waals surface area (Å²) in [6, 6.07) is 9.13. The minimum atomic E-state index is 0.236. The van der Waals surface area contributed by atoms with Crippen molar-refractivity contribution < 1.29 is 4.74 Å². The number of nitrogens with two attached hydrogens (primary N) is 1. The second-order valence-electron chi connectivity index (χ2n) is 6.56. The van der Waals surface area contributed by atoms with Crippen molar-refractivity contribution in [2.45, 2.75) is 52.1 Å². The number of likely N-dealkylation sites (tertiary alicyclic amines) is 1. The van der Waals surface area contributed by atoms with Crippen LogP contribution >= 0.6 is 0 Å². The van der Waals surface area contributed by atoms with Crippen molar-refractivity contribution in [1.29, 1.82) is 0 Å². The summed E-state index contributed by atoms with van der Waals surface area (Å²) < 4.78 is 5.67. The zero-order valence-electron chi connectivity index (χ0n) is 13.7. The van der Waals surface area contributed by atoms with Crippen molar-refractivity contribution in [2.24, 2.45) is 11.7 Å². The van der Waals surface area contributed by atoms with Crippen LogP contribution in [0.25, 0.3) is 0 Å². The van der Waals surface area contributed by atoms with E-state index in [4.69, 9.17) is 10.5 Å². The summed E-state index contributed by atoms with van der Waals surface area (Å²) in [5.74, 6) is 1.63. The Kier molecular flexibility index (Phi) is 6.07. The predicted molar refractivity (Wildman–Crippen MR) is 88.6 cm³/mol. The number of hydrogen-bond acceptors (Lipinski definition) is 3. The van der Waals surface area contributed by atoms with Crippen molar-refractivity contribution in [3.8, 4) is 5.75 Å². The summed E-state index contributed by atoms with van der Waals surface area (Å²) in [7, 11) is 0. The zero-order chi connectivity index (χ0) is 15.2. The van der Waals surface area contributed by atoms with Gasteiger partial charge in [0.05, 0.1) is 6.61 Å². The third-order valence-electron chi connectivity index (χ3n) is 4.08. The van der Waals surface area contributed by atoms with Crippen molar-refractivity contribution in [3.05, 3.63) is 29.8 Å². The van der Waals surface area contributed by atoms with E-state index in [1.807, 2.05) is 0 Å². The maximum atomic E-state index is 6.42. The Balaban J connectivity index is 2.11. The van der Waals surface area contributed by atoms with Crippen LogP contribution in [-0.4, -0.2) is 30.6 Å². The van der Waals surface area contributed by atoms with E-state index in [9.17, 15) is 0 Å². The maximum absolute atomic E-state index is 6.42. The van der Waals surface area contributed by atoms with Crippen molar-refractivity contribution in [1.82, 2.24) is 4.90 Å². The minimum absolute atomic E-state index is 0.236. The van der Waals surface area contributed by atoms with E-state index in [-0.39, 0.29) is 6.04 Å². The van der Waals surface area contributed by atoms with Gasteiger partial charge in [-0.25, -0.2) is 0 Å². The molecule has 2 atom stereocenters. The number of piperidine rings is 1. The fourth-order valence-corrected chi connectivity index (χ4v) is 3.21. The third-order valence-corrected chi connectivity index (χ3v) is 4.08. The molecule has 21 heavy (non-hydrogen) atoms. The molecule has 1 fully saturated rings. The van der Waals surface area contributed by atoms with E-state index >= 15 is 0 Å². The van der Waals surface area contributed by atoms with Crippen LogP contribution in [-0.2, 0) is 0 Å². The molecule has 2 unspecified atom stereocenters. The van der Waals surface area contributed by atoms with Crippen LogP contribution in [0.1, 0.15) is 51.6 Å². The van der Waals surface area contributed by atoms with Gasteiger partial charge >= 0.3 is 0 Å². The molecular formula is C18H30N2O. The molecule has 0 aliphatic carbocycles. The predicted octanol–water partition coefficient (Wildman–Crippen LogP) is 3.60. The van der Waals surface area contributed by atoms with E-state index in [1.165, 1.54) is 12.0 Å². The van der Waals surface area contributed by atoms with Gasteiger partial charge in [0.25, 0.3) is 0 Å². The number of nitrogens with zero attached hydrogens (tertiary/aromatic N) is 1. The van der Waals surface area contributed by atoms with Gasteiger partial charge < -0.3 is 10.5 Å². The molecular weight excluding hydrogens is 260 g/mol. The van der Waals surface area contributed by atoms with Crippen molar-refractivity contribution >= 4 is 0 Å². The Morgan fingerprint density at radius 2 is 2.00 bits per heavy atom. The van der Waals surface area contributed by atoms with Crippen LogP contribution < -0.4 is 10.5 Å². The standard InChI is InChI=1S/C18H30N2O/c1-4-12-21-16-9-7-15(8-10-16)18-17(19)6-5-11-20(18)13-14(2)3/h7-10,14,17-18H,4-6,11-13,19H2,1-3H3. The van der Waals surface area contributed by atoms with Crippen LogP contribution in [0.5, 0.6) is 5.75 Å². The molecule has 1 aromatic carbocycles. The molecule has 0 saturated carbocycles. The van der Waals surface area contributed by atoms with Gasteiger partial charge in [0.1, 0.15) is 5.75 Å². The minimum Gasteiger partial charge on any atom is -0.494 e. The monoisotopic (exact) mass is 290 g/mol. The Morgan fingerprint density at radius 1 is 1.29 bits per heavy atom. The molecule has 1 saturated heterocycles. The van der Waals surface area contributed by atoms with E-state index in [2.05, 4.69) is 49.9 Å². The lowest BCUT2D eigenvalue weighted by Crippen LogP contribution is -2.47. The van der Waals surface area contributed by atoms with Crippen LogP contribution in [0.4, 0.5) is 0 Å². The van der Waals surface area contributed by atoms with Gasteiger partial charge in [0.15, 0.2) is 0 Å². The average molecular weight is 290 g/mol. The fraction of sp³-hybridized carbons (Fsp3) is 0.667. The summed E-state index contributed by atoms with van der Waals surface area (Å²) in [6.45, 7) is 9.73. The third kappa shape index (κ3) is 4.45. The molecule has 2 rings (SSSR count). The number of rotatable bonds is 6. The highest BCUT2D eigenvalue weighted by molar-refractivity contribution is 5.30. The van der Waals surface area contributed by atoms with E-state index in [1.54, 1.807) is 0 Å². The number of ether oxygens (including phenoxy) is 1. The Labute approximate surface area is 129 Å². The van der Waals surface area contributed by atoms with Crippen LogP contribution in [0.3, 0.4) is 0 Å². The van der Waals surface area contributed by atoms with Gasteiger partial charge in [-0.1, -0.05) is 32.9 Å². The molecule has 0 spiro atoms. The SMILES string of the molecule is CCCOc1ccc(C2C(N)CCCN2CC(C)C)cc1. The molecule has 0 bridgehead atoms. The molecule has 0 amide bonds. The summed E-state index contributed by atoms with van der Waals surface area (Å²) in [5.41, 5.74) is 7.75. The molecule has 2 N–H and O–H groups in total. The highest BCUT2D eigenvalue weighted by Gasteiger charge is 2.30. The van der Waals surface area contributed by atoms with Gasteiger partial charge in [0.2, 0.25) is 0 Å². The molecule has 1 aliphatic heterocycles. The molecule has 1 aliphatic rings. The van der Waals surface area contributed by atoms with Crippen LogP contribution in [0.15, 0.2) is 24.3 Å². The molecule has 1 heterocycles. The largest absolute Gasteiger partial charge is 0.494 e. The zero-order valence-corrected chi connectivity index (χ0v) is 13.7. The van der Waals surface area contributed by atoms with Crippen molar-refractivity contribution in [3.63, 3.8) is 0 Å². The first-order valence-electron chi connectivity index (χ1n) is 8.34. The Hall–Kier alpha value is -1.06. The number of hydrogen-bond donors (Lipinski definition) is 1. The molecule has 3 nitrogen and oxygen atoms in total. The van der Waals surface area contributed by atoms with E-state index in [0.29, 0.717) is 12.0 Å². The Bertz CT molecular complexity index is 416. The second kappa shape index (κ2) is 7.81. The van der Waals surface area contributed by atoms with Crippen molar-refractivity contribution in [2.75, 3.05) is 19.7 Å². The lowest BCUT2D eigenvalue weighted by Gasteiger charge is -2.41. The molecule has 0 radical (unpaired) electrons. The first kappa shape index (κ1) is 16.3. The van der Waals surface area contributed by atoms with E-state index < -0.39 is 0 Å². The highest BCUT2D eigenvalue weighted by atomic mass is 16.5. The average Bonchev–Trinajstić information content (AvgIpc) is 2.45.